The van der Waals surface area contributed by atoms with Gasteiger partial charge in [-0.1, -0.05) is 11.8 Å². The first-order chi connectivity index (χ1) is 15.0. The largest absolute Gasteiger partial charge is 0.488 e. The van der Waals surface area contributed by atoms with E-state index in [-0.39, 0.29) is 12.0 Å². The minimum Gasteiger partial charge on any atom is -0.488 e. The molecule has 1 heterocycles. The maximum absolute atomic E-state index is 12.8. The second kappa shape index (κ2) is 10.3. The number of amides is 1. The van der Waals surface area contributed by atoms with E-state index in [9.17, 15) is 4.79 Å². The van der Waals surface area contributed by atoms with Gasteiger partial charge in [0.05, 0.1) is 6.61 Å². The van der Waals surface area contributed by atoms with Gasteiger partial charge in [0.1, 0.15) is 11.9 Å². The van der Waals surface area contributed by atoms with Crippen LogP contribution in [0.25, 0.3) is 0 Å². The molecule has 0 saturated carbocycles. The van der Waals surface area contributed by atoms with Gasteiger partial charge in [0.2, 0.25) is 0 Å². The van der Waals surface area contributed by atoms with Crippen molar-refractivity contribution in [3.05, 3.63) is 71.4 Å². The molecule has 0 radical (unpaired) electrons. The third kappa shape index (κ3) is 6.36. The number of nitrogens with one attached hydrogen (secondary N) is 2. The number of hydrogen-bond donors (Lipinski definition) is 2. The summed E-state index contributed by atoms with van der Waals surface area (Å²) in [4.78, 5) is 12.8. The minimum absolute atomic E-state index is 0.172. The van der Waals surface area contributed by atoms with E-state index in [1.165, 1.54) is 0 Å². The number of rotatable bonds is 7. The van der Waals surface area contributed by atoms with Crippen molar-refractivity contribution in [2.24, 2.45) is 7.05 Å². The molecule has 3 aromatic rings. The Balaban J connectivity index is 1.88. The maximum atomic E-state index is 12.8. The zero-order valence-electron chi connectivity index (χ0n) is 18.1. The van der Waals surface area contributed by atoms with Crippen LogP contribution >= 0.6 is 0 Å². The number of anilines is 2. The van der Waals surface area contributed by atoms with Gasteiger partial charge in [-0.2, -0.15) is 5.10 Å². The Morgan fingerprint density at radius 2 is 1.87 bits per heavy atom. The van der Waals surface area contributed by atoms with Gasteiger partial charge < -0.3 is 20.1 Å². The van der Waals surface area contributed by atoms with Crippen LogP contribution in [-0.4, -0.2) is 42.6 Å². The van der Waals surface area contributed by atoms with E-state index in [1.54, 1.807) is 43.2 Å². The molecule has 0 saturated heterocycles. The molecule has 7 nitrogen and oxygen atoms in total. The van der Waals surface area contributed by atoms with E-state index in [4.69, 9.17) is 9.47 Å². The van der Waals surface area contributed by atoms with Gasteiger partial charge in [0, 0.05) is 55.8 Å². The van der Waals surface area contributed by atoms with Crippen molar-refractivity contribution in [3.63, 3.8) is 0 Å². The molecule has 0 fully saturated rings. The molecule has 0 aliphatic carbocycles. The van der Waals surface area contributed by atoms with Crippen LogP contribution in [0.2, 0.25) is 0 Å². The summed E-state index contributed by atoms with van der Waals surface area (Å²) in [5.74, 6) is 7.00. The van der Waals surface area contributed by atoms with E-state index in [0.717, 1.165) is 11.3 Å². The van der Waals surface area contributed by atoms with E-state index < -0.39 is 0 Å². The lowest BCUT2D eigenvalue weighted by atomic mass is 10.1. The summed E-state index contributed by atoms with van der Waals surface area (Å²) in [5.41, 5.74) is 2.99. The lowest BCUT2D eigenvalue weighted by Crippen LogP contribution is -2.19. The number of carbonyl (C=O) groups excluding carboxylic acids is 1. The Morgan fingerprint density at radius 3 is 2.52 bits per heavy atom. The van der Waals surface area contributed by atoms with E-state index >= 15 is 0 Å². The van der Waals surface area contributed by atoms with E-state index in [0.29, 0.717) is 29.3 Å². The van der Waals surface area contributed by atoms with Gasteiger partial charge in [-0.15, -0.1) is 0 Å². The van der Waals surface area contributed by atoms with Crippen molar-refractivity contribution in [3.8, 4) is 17.6 Å². The topological polar surface area (TPSA) is 77.4 Å². The van der Waals surface area contributed by atoms with Gasteiger partial charge >= 0.3 is 0 Å². The van der Waals surface area contributed by atoms with Crippen molar-refractivity contribution in [1.29, 1.82) is 0 Å². The Labute approximate surface area is 182 Å². The molecular formula is C24H26N4O3. The van der Waals surface area contributed by atoms with Crippen LogP contribution < -0.4 is 15.4 Å². The van der Waals surface area contributed by atoms with E-state index in [2.05, 4.69) is 27.6 Å². The zero-order valence-corrected chi connectivity index (χ0v) is 18.1. The first-order valence-electron chi connectivity index (χ1n) is 9.88. The third-order valence-electron chi connectivity index (χ3n) is 4.39. The van der Waals surface area contributed by atoms with Crippen molar-refractivity contribution >= 4 is 17.4 Å². The Hall–Kier alpha value is -3.76. The highest BCUT2D eigenvalue weighted by Gasteiger charge is 2.12. The van der Waals surface area contributed by atoms with Crippen LogP contribution in [0.15, 0.2) is 54.7 Å². The Kier molecular flexibility index (Phi) is 7.31. The van der Waals surface area contributed by atoms with Crippen LogP contribution in [0, 0.1) is 11.8 Å². The van der Waals surface area contributed by atoms with Crippen molar-refractivity contribution in [2.75, 3.05) is 31.4 Å². The number of benzene rings is 2. The standard InChI is InChI=1S/C24H26N4O3/c1-17(16-30-4)31-22-14-19(6-5-18-7-9-21(25-2)10-8-18)13-20(15-22)24(29)26-23-11-12-28(3)27-23/h7-15,17,25H,16H2,1-4H3,(H,26,27,29)/t17-/m0/s1. The smallest absolute Gasteiger partial charge is 0.257 e. The maximum Gasteiger partial charge on any atom is 0.257 e. The molecular weight excluding hydrogens is 392 g/mol. The van der Waals surface area contributed by atoms with Crippen LogP contribution in [0.1, 0.15) is 28.4 Å². The average Bonchev–Trinajstić information content (AvgIpc) is 3.17. The van der Waals surface area contributed by atoms with Gasteiger partial charge in [0.25, 0.3) is 5.91 Å². The monoisotopic (exact) mass is 418 g/mol. The predicted molar refractivity (Wildman–Crippen MR) is 122 cm³/mol. The summed E-state index contributed by atoms with van der Waals surface area (Å²) in [6.45, 7) is 2.34. The number of aryl methyl sites for hydroxylation is 1. The molecule has 7 heteroatoms. The fourth-order valence-corrected chi connectivity index (χ4v) is 2.91. The highest BCUT2D eigenvalue weighted by molar-refractivity contribution is 6.04. The number of nitrogens with zero attached hydrogens (tertiary/aromatic N) is 2. The van der Waals surface area contributed by atoms with Gasteiger partial charge in [0.15, 0.2) is 5.82 Å². The molecule has 31 heavy (non-hydrogen) atoms. The van der Waals surface area contributed by atoms with Crippen LogP contribution in [-0.2, 0) is 11.8 Å². The SMILES string of the molecule is CNc1ccc(C#Cc2cc(O[C@@H](C)COC)cc(C(=O)Nc3ccn(C)n3)c2)cc1. The first kappa shape index (κ1) is 21.9. The fourth-order valence-electron chi connectivity index (χ4n) is 2.91. The van der Waals surface area contributed by atoms with Crippen molar-refractivity contribution in [2.45, 2.75) is 13.0 Å². The van der Waals surface area contributed by atoms with Gasteiger partial charge in [-0.05, 0) is 49.4 Å². The highest BCUT2D eigenvalue weighted by atomic mass is 16.5. The molecule has 0 spiro atoms. The second-order valence-electron chi connectivity index (χ2n) is 7.04. The predicted octanol–water partition coefficient (Wildman–Crippen LogP) is 3.53. The number of hydrogen-bond acceptors (Lipinski definition) is 5. The van der Waals surface area contributed by atoms with Crippen LogP contribution in [0.4, 0.5) is 11.5 Å². The number of carbonyl (C=O) groups is 1. The minimum atomic E-state index is -0.287. The number of methoxy groups -OCH3 is 1. The summed E-state index contributed by atoms with van der Waals surface area (Å²) in [5, 5.41) is 10.1. The number of ether oxygens (including phenoxy) is 2. The van der Waals surface area contributed by atoms with Gasteiger partial charge in [-0.3, -0.25) is 9.48 Å². The first-order valence-corrected chi connectivity index (χ1v) is 9.88. The quantitative estimate of drug-likeness (QED) is 0.574. The lowest BCUT2D eigenvalue weighted by Gasteiger charge is -2.15. The second-order valence-corrected chi connectivity index (χ2v) is 7.04. The molecule has 160 valence electrons. The van der Waals surface area contributed by atoms with Crippen molar-refractivity contribution < 1.29 is 14.3 Å². The molecule has 0 bridgehead atoms. The fraction of sp³-hybridized carbons (Fsp3) is 0.250. The van der Waals surface area contributed by atoms with E-state index in [1.807, 2.05) is 44.3 Å². The average molecular weight is 418 g/mol. The molecule has 0 unspecified atom stereocenters. The molecule has 1 aromatic heterocycles. The molecule has 2 aromatic carbocycles. The molecule has 1 atom stereocenters. The molecule has 0 aliphatic heterocycles. The Bertz CT molecular complexity index is 1090. The summed E-state index contributed by atoms with van der Waals surface area (Å²) >= 11 is 0. The summed E-state index contributed by atoms with van der Waals surface area (Å²) < 4.78 is 12.7. The summed E-state index contributed by atoms with van der Waals surface area (Å²) in [6, 6.07) is 14.8. The summed E-state index contributed by atoms with van der Waals surface area (Å²) in [6.07, 6.45) is 1.59. The van der Waals surface area contributed by atoms with Crippen molar-refractivity contribution in [1.82, 2.24) is 9.78 Å². The van der Waals surface area contributed by atoms with Gasteiger partial charge in [-0.25, -0.2) is 0 Å². The zero-order chi connectivity index (χ0) is 22.2. The molecule has 1 amide bonds. The van der Waals surface area contributed by atoms with Crippen LogP contribution in [0.3, 0.4) is 0 Å². The Morgan fingerprint density at radius 1 is 1.13 bits per heavy atom. The highest BCUT2D eigenvalue weighted by Crippen LogP contribution is 2.20. The molecule has 0 aliphatic rings. The molecule has 3 rings (SSSR count). The number of aromatic nitrogens is 2. The third-order valence-corrected chi connectivity index (χ3v) is 4.39. The molecule has 2 N–H and O–H groups in total. The lowest BCUT2D eigenvalue weighted by molar-refractivity contribution is 0.0917. The summed E-state index contributed by atoms with van der Waals surface area (Å²) in [7, 11) is 5.28. The normalized spacial score (nSPS) is 11.2. The van der Waals surface area contributed by atoms with Crippen LogP contribution in [0.5, 0.6) is 5.75 Å².